The van der Waals surface area contributed by atoms with Gasteiger partial charge in [-0.1, -0.05) is 19.8 Å². The molecule has 0 radical (unpaired) electrons. The zero-order valence-electron chi connectivity index (χ0n) is 11.8. The molecule has 20 heavy (non-hydrogen) atoms. The molecular formula is C15H20Br2N2O. The van der Waals surface area contributed by atoms with E-state index in [-0.39, 0.29) is 5.91 Å². The Hall–Kier alpha value is -0.390. The van der Waals surface area contributed by atoms with Crippen molar-refractivity contribution in [1.29, 1.82) is 0 Å². The molecule has 1 amide bonds. The van der Waals surface area contributed by atoms with Crippen molar-refractivity contribution in [1.82, 2.24) is 0 Å². The molecule has 1 fully saturated rings. The fourth-order valence-electron chi connectivity index (χ4n) is 2.86. The van der Waals surface area contributed by atoms with Crippen molar-refractivity contribution >= 4 is 43.5 Å². The van der Waals surface area contributed by atoms with E-state index in [1.807, 2.05) is 19.1 Å². The summed E-state index contributed by atoms with van der Waals surface area (Å²) in [5.74, 6) is 0.415. The second-order valence-electron chi connectivity index (χ2n) is 5.92. The first-order valence-electron chi connectivity index (χ1n) is 6.88. The monoisotopic (exact) mass is 402 g/mol. The number of carbonyl (C=O) groups is 1. The molecule has 3 N–H and O–H groups in total. The maximum atomic E-state index is 12.5. The van der Waals surface area contributed by atoms with Crippen LogP contribution in [0.3, 0.4) is 0 Å². The van der Waals surface area contributed by atoms with Gasteiger partial charge >= 0.3 is 0 Å². The van der Waals surface area contributed by atoms with Gasteiger partial charge in [-0.2, -0.15) is 0 Å². The SMILES string of the molecule is Cc1cc(Br)c(NC(=O)C2(N)CCCC(C)C2)c(Br)c1. The molecule has 1 aliphatic rings. The summed E-state index contributed by atoms with van der Waals surface area (Å²) in [6.45, 7) is 4.17. The summed E-state index contributed by atoms with van der Waals surface area (Å²) in [4.78, 5) is 12.5. The lowest BCUT2D eigenvalue weighted by Gasteiger charge is -2.35. The van der Waals surface area contributed by atoms with Crippen LogP contribution < -0.4 is 11.1 Å². The van der Waals surface area contributed by atoms with Crippen LogP contribution in [0.1, 0.15) is 38.2 Å². The van der Waals surface area contributed by atoms with Crippen molar-refractivity contribution in [2.24, 2.45) is 11.7 Å². The number of benzene rings is 1. The lowest BCUT2D eigenvalue weighted by Crippen LogP contribution is -2.53. The number of aryl methyl sites for hydroxylation is 1. The number of anilines is 1. The molecule has 5 heteroatoms. The average Bonchev–Trinajstić information content (AvgIpc) is 2.33. The van der Waals surface area contributed by atoms with Crippen molar-refractivity contribution in [2.75, 3.05) is 5.32 Å². The van der Waals surface area contributed by atoms with Crippen LogP contribution in [0.5, 0.6) is 0 Å². The van der Waals surface area contributed by atoms with Gasteiger partial charge < -0.3 is 11.1 Å². The van der Waals surface area contributed by atoms with Gasteiger partial charge in [0.2, 0.25) is 5.91 Å². The molecule has 2 rings (SSSR count). The highest BCUT2D eigenvalue weighted by atomic mass is 79.9. The number of nitrogens with one attached hydrogen (secondary N) is 1. The quantitative estimate of drug-likeness (QED) is 0.770. The third kappa shape index (κ3) is 3.43. The molecule has 0 bridgehead atoms. The molecular weight excluding hydrogens is 384 g/mol. The zero-order valence-corrected chi connectivity index (χ0v) is 15.0. The number of carbonyl (C=O) groups excluding carboxylic acids is 1. The molecule has 1 aliphatic carbocycles. The second kappa shape index (κ2) is 6.16. The number of nitrogens with two attached hydrogens (primary N) is 1. The molecule has 2 atom stereocenters. The molecule has 0 heterocycles. The molecule has 3 nitrogen and oxygen atoms in total. The van der Waals surface area contributed by atoms with Crippen LogP contribution in [-0.4, -0.2) is 11.4 Å². The van der Waals surface area contributed by atoms with Crippen LogP contribution in [0.15, 0.2) is 21.1 Å². The zero-order chi connectivity index (χ0) is 14.9. The summed E-state index contributed by atoms with van der Waals surface area (Å²) >= 11 is 6.99. The van der Waals surface area contributed by atoms with E-state index in [0.717, 1.165) is 45.9 Å². The summed E-state index contributed by atoms with van der Waals surface area (Å²) in [6, 6.07) is 3.96. The minimum atomic E-state index is -0.749. The smallest absolute Gasteiger partial charge is 0.244 e. The Morgan fingerprint density at radius 3 is 2.55 bits per heavy atom. The van der Waals surface area contributed by atoms with E-state index in [2.05, 4.69) is 44.1 Å². The Kier molecular flexibility index (Phi) is 4.92. The lowest BCUT2D eigenvalue weighted by atomic mass is 9.76. The van der Waals surface area contributed by atoms with E-state index < -0.39 is 5.54 Å². The molecule has 1 saturated carbocycles. The molecule has 1 aromatic carbocycles. The first-order valence-corrected chi connectivity index (χ1v) is 8.46. The first kappa shape index (κ1) is 16.0. The highest BCUT2D eigenvalue weighted by Gasteiger charge is 2.38. The molecule has 110 valence electrons. The Balaban J connectivity index is 2.20. The number of hydrogen-bond acceptors (Lipinski definition) is 2. The van der Waals surface area contributed by atoms with Gasteiger partial charge in [0.25, 0.3) is 0 Å². The Labute approximate surface area is 136 Å². The summed E-state index contributed by atoms with van der Waals surface area (Å²) in [5.41, 5.74) is 7.45. The second-order valence-corrected chi connectivity index (χ2v) is 7.62. The fourth-order valence-corrected chi connectivity index (χ4v) is 4.47. The van der Waals surface area contributed by atoms with E-state index in [9.17, 15) is 4.79 Å². The summed E-state index contributed by atoms with van der Waals surface area (Å²) in [6.07, 6.45) is 3.68. The highest BCUT2D eigenvalue weighted by Crippen LogP contribution is 2.35. The molecule has 2 unspecified atom stereocenters. The van der Waals surface area contributed by atoms with Crippen molar-refractivity contribution in [3.05, 3.63) is 26.6 Å². The molecule has 0 aromatic heterocycles. The van der Waals surface area contributed by atoms with E-state index in [0.29, 0.717) is 5.92 Å². The highest BCUT2D eigenvalue weighted by molar-refractivity contribution is 9.11. The third-order valence-electron chi connectivity index (χ3n) is 3.91. The normalized spacial score (nSPS) is 26.4. The Bertz CT molecular complexity index is 510. The minimum absolute atomic E-state index is 0.0886. The van der Waals surface area contributed by atoms with Gasteiger partial charge in [-0.05, 0) is 75.2 Å². The summed E-state index contributed by atoms with van der Waals surface area (Å²) < 4.78 is 1.73. The van der Waals surface area contributed by atoms with Crippen LogP contribution in [0.4, 0.5) is 5.69 Å². The van der Waals surface area contributed by atoms with E-state index in [1.165, 1.54) is 0 Å². The number of hydrogen-bond donors (Lipinski definition) is 2. The van der Waals surface area contributed by atoms with Gasteiger partial charge in [0.15, 0.2) is 0 Å². The van der Waals surface area contributed by atoms with Gasteiger partial charge in [0, 0.05) is 8.95 Å². The van der Waals surface area contributed by atoms with Gasteiger partial charge in [0.05, 0.1) is 11.2 Å². The van der Waals surface area contributed by atoms with E-state index in [1.54, 1.807) is 0 Å². The van der Waals surface area contributed by atoms with Crippen LogP contribution in [-0.2, 0) is 4.79 Å². The fraction of sp³-hybridized carbons (Fsp3) is 0.533. The maximum absolute atomic E-state index is 12.5. The van der Waals surface area contributed by atoms with Crippen LogP contribution >= 0.6 is 31.9 Å². The van der Waals surface area contributed by atoms with E-state index in [4.69, 9.17) is 5.73 Å². The topological polar surface area (TPSA) is 55.1 Å². The predicted molar refractivity (Wildman–Crippen MR) is 89.8 cm³/mol. The standard InChI is InChI=1S/C15H20Br2N2O/c1-9-4-3-5-15(18,8-9)14(20)19-13-11(16)6-10(2)7-12(13)17/h6-7,9H,3-5,8,18H2,1-2H3,(H,19,20). The van der Waals surface area contributed by atoms with E-state index >= 15 is 0 Å². The van der Waals surface area contributed by atoms with Crippen molar-refractivity contribution in [2.45, 2.75) is 45.1 Å². The van der Waals surface area contributed by atoms with Gasteiger partial charge in [-0.3, -0.25) is 4.79 Å². The summed E-state index contributed by atoms with van der Waals surface area (Å²) in [5, 5.41) is 2.98. The Morgan fingerprint density at radius 2 is 2.00 bits per heavy atom. The largest absolute Gasteiger partial charge is 0.323 e. The molecule has 0 saturated heterocycles. The van der Waals surface area contributed by atoms with Crippen LogP contribution in [0, 0.1) is 12.8 Å². The lowest BCUT2D eigenvalue weighted by molar-refractivity contribution is -0.122. The number of rotatable bonds is 2. The van der Waals surface area contributed by atoms with Crippen LogP contribution in [0.2, 0.25) is 0 Å². The van der Waals surface area contributed by atoms with Crippen molar-refractivity contribution in [3.63, 3.8) is 0 Å². The maximum Gasteiger partial charge on any atom is 0.244 e. The molecule has 0 aliphatic heterocycles. The predicted octanol–water partition coefficient (Wildman–Crippen LogP) is 4.37. The van der Waals surface area contributed by atoms with Gasteiger partial charge in [-0.25, -0.2) is 0 Å². The van der Waals surface area contributed by atoms with Gasteiger partial charge in [-0.15, -0.1) is 0 Å². The third-order valence-corrected chi connectivity index (χ3v) is 5.16. The summed E-state index contributed by atoms with van der Waals surface area (Å²) in [7, 11) is 0. The minimum Gasteiger partial charge on any atom is -0.323 e. The first-order chi connectivity index (χ1) is 9.32. The molecule has 1 aromatic rings. The molecule has 0 spiro atoms. The average molecular weight is 404 g/mol. The Morgan fingerprint density at radius 1 is 1.40 bits per heavy atom. The van der Waals surface area contributed by atoms with Crippen LogP contribution in [0.25, 0.3) is 0 Å². The van der Waals surface area contributed by atoms with Crippen molar-refractivity contribution in [3.8, 4) is 0 Å². The number of halogens is 2. The number of amides is 1. The van der Waals surface area contributed by atoms with Crippen molar-refractivity contribution < 1.29 is 4.79 Å². The van der Waals surface area contributed by atoms with Gasteiger partial charge in [0.1, 0.15) is 0 Å².